The Morgan fingerprint density at radius 2 is 1.73 bits per heavy atom. The minimum atomic E-state index is -4.46. The average molecular weight is 410 g/mol. The molecule has 3 N–H and O–H groups in total. The smallest absolute Gasteiger partial charge is 0.416 e. The van der Waals surface area contributed by atoms with E-state index < -0.39 is 17.3 Å². The molecule has 6 nitrogen and oxygen atoms in total. The first-order chi connectivity index (χ1) is 14.2. The molecular weight excluding hydrogens is 397 g/mol. The summed E-state index contributed by atoms with van der Waals surface area (Å²) in [6.07, 6.45) is -4.46. The summed E-state index contributed by atoms with van der Waals surface area (Å²) < 4.78 is 44.1. The molecule has 150 valence electrons. The lowest BCUT2D eigenvalue weighted by Gasteiger charge is -2.12. The third-order valence-electron chi connectivity index (χ3n) is 4.25. The van der Waals surface area contributed by atoms with Crippen molar-refractivity contribution in [2.75, 3.05) is 5.73 Å². The number of nitriles is 2. The molecule has 3 aromatic rings. The van der Waals surface area contributed by atoms with Gasteiger partial charge in [0.2, 0.25) is 0 Å². The summed E-state index contributed by atoms with van der Waals surface area (Å²) in [4.78, 5) is 14.3. The molecule has 0 aliphatic carbocycles. The quantitative estimate of drug-likeness (QED) is 0.675. The maximum atomic E-state index is 12.8. The summed E-state index contributed by atoms with van der Waals surface area (Å²) >= 11 is 0. The lowest BCUT2D eigenvalue weighted by Crippen LogP contribution is -2.16. The first kappa shape index (κ1) is 20.5. The SMILES string of the molecule is N#Cc1c(N)[nH]c(=O)c(C#N)c1-c1cccc(OCc2cccc(C(F)(F)F)c2)c1. The molecule has 2 aromatic carbocycles. The number of alkyl halides is 3. The van der Waals surface area contributed by atoms with Crippen LogP contribution in [0.25, 0.3) is 11.1 Å². The number of ether oxygens (including phenoxy) is 1. The third kappa shape index (κ3) is 4.10. The van der Waals surface area contributed by atoms with E-state index in [0.717, 1.165) is 12.1 Å². The van der Waals surface area contributed by atoms with Crippen molar-refractivity contribution in [3.05, 3.63) is 81.1 Å². The second-order valence-electron chi connectivity index (χ2n) is 6.23. The molecule has 0 atom stereocenters. The fourth-order valence-electron chi connectivity index (χ4n) is 2.88. The normalized spacial score (nSPS) is 10.8. The van der Waals surface area contributed by atoms with E-state index in [9.17, 15) is 28.5 Å². The zero-order valence-corrected chi connectivity index (χ0v) is 15.2. The molecule has 0 aliphatic heterocycles. The molecule has 1 aromatic heterocycles. The number of hydrogen-bond acceptors (Lipinski definition) is 5. The molecule has 0 spiro atoms. The highest BCUT2D eigenvalue weighted by atomic mass is 19.4. The number of hydrogen-bond donors (Lipinski definition) is 2. The lowest BCUT2D eigenvalue weighted by molar-refractivity contribution is -0.137. The van der Waals surface area contributed by atoms with Crippen molar-refractivity contribution in [2.24, 2.45) is 0 Å². The van der Waals surface area contributed by atoms with Crippen molar-refractivity contribution in [2.45, 2.75) is 12.8 Å². The van der Waals surface area contributed by atoms with Gasteiger partial charge >= 0.3 is 6.18 Å². The van der Waals surface area contributed by atoms with Gasteiger partial charge in [-0.05, 0) is 35.4 Å². The zero-order chi connectivity index (χ0) is 21.9. The minimum absolute atomic E-state index is 0.0609. The second kappa shape index (κ2) is 8.02. The van der Waals surface area contributed by atoms with E-state index in [1.807, 2.05) is 6.07 Å². The van der Waals surface area contributed by atoms with Crippen LogP contribution in [0, 0.1) is 22.7 Å². The fraction of sp³-hybridized carbons (Fsp3) is 0.0952. The number of H-pyrrole nitrogens is 1. The van der Waals surface area contributed by atoms with E-state index in [0.29, 0.717) is 11.1 Å². The van der Waals surface area contributed by atoms with Crippen molar-refractivity contribution >= 4 is 5.82 Å². The first-order valence-electron chi connectivity index (χ1n) is 8.50. The number of aromatic amines is 1. The van der Waals surface area contributed by atoms with Crippen molar-refractivity contribution in [1.82, 2.24) is 4.98 Å². The van der Waals surface area contributed by atoms with E-state index in [2.05, 4.69) is 4.98 Å². The molecule has 3 rings (SSSR count). The molecular formula is C21H13F3N4O2. The van der Waals surface area contributed by atoms with E-state index in [1.165, 1.54) is 18.2 Å². The lowest BCUT2D eigenvalue weighted by atomic mass is 9.96. The summed E-state index contributed by atoms with van der Waals surface area (Å²) in [6.45, 7) is -0.138. The predicted octanol–water partition coefficient (Wildman–Crippen LogP) is 3.97. The van der Waals surface area contributed by atoms with Gasteiger partial charge in [0, 0.05) is 5.56 Å². The number of rotatable bonds is 4. The molecule has 9 heteroatoms. The van der Waals surface area contributed by atoms with Gasteiger partial charge in [-0.15, -0.1) is 0 Å². The van der Waals surface area contributed by atoms with Crippen LogP contribution in [-0.2, 0) is 12.8 Å². The first-order valence-corrected chi connectivity index (χ1v) is 8.50. The van der Waals surface area contributed by atoms with Gasteiger partial charge in [-0.25, -0.2) is 0 Å². The van der Waals surface area contributed by atoms with Crippen molar-refractivity contribution in [3.8, 4) is 29.0 Å². The third-order valence-corrected chi connectivity index (χ3v) is 4.25. The maximum Gasteiger partial charge on any atom is 0.416 e. The van der Waals surface area contributed by atoms with Gasteiger partial charge in [-0.3, -0.25) is 4.79 Å². The van der Waals surface area contributed by atoms with Crippen LogP contribution in [0.1, 0.15) is 22.3 Å². The van der Waals surface area contributed by atoms with Gasteiger partial charge in [0.15, 0.2) is 0 Å². The zero-order valence-electron chi connectivity index (χ0n) is 15.2. The summed E-state index contributed by atoms with van der Waals surface area (Å²) in [5.74, 6) is 0.100. The van der Waals surface area contributed by atoms with Crippen LogP contribution in [-0.4, -0.2) is 4.98 Å². The Morgan fingerprint density at radius 3 is 2.40 bits per heavy atom. The predicted molar refractivity (Wildman–Crippen MR) is 102 cm³/mol. The Bertz CT molecular complexity index is 1250. The van der Waals surface area contributed by atoms with Crippen LogP contribution >= 0.6 is 0 Å². The number of nitrogens with one attached hydrogen (secondary N) is 1. The highest BCUT2D eigenvalue weighted by Gasteiger charge is 2.30. The minimum Gasteiger partial charge on any atom is -0.489 e. The molecule has 0 saturated carbocycles. The topological polar surface area (TPSA) is 116 Å². The Morgan fingerprint density at radius 1 is 1.03 bits per heavy atom. The van der Waals surface area contributed by atoms with Gasteiger partial charge in [0.05, 0.1) is 5.56 Å². The number of nitrogen functional groups attached to an aromatic ring is 1. The van der Waals surface area contributed by atoms with E-state index in [1.54, 1.807) is 24.3 Å². The standard InChI is InChI=1S/C21H13F3N4O2/c22-21(23,24)14-5-1-3-12(7-14)11-30-15-6-2-4-13(8-15)18-16(9-25)19(27)28-20(29)17(18)10-26/h1-8H,11H2,(H3,27,28,29). The highest BCUT2D eigenvalue weighted by molar-refractivity contribution is 5.80. The van der Waals surface area contributed by atoms with Crippen LogP contribution in [0.4, 0.5) is 19.0 Å². The molecule has 0 amide bonds. The second-order valence-corrected chi connectivity index (χ2v) is 6.23. The van der Waals surface area contributed by atoms with Crippen LogP contribution < -0.4 is 16.0 Å². The molecule has 30 heavy (non-hydrogen) atoms. The van der Waals surface area contributed by atoms with Gasteiger partial charge in [0.25, 0.3) is 5.56 Å². The fourth-order valence-corrected chi connectivity index (χ4v) is 2.88. The van der Waals surface area contributed by atoms with E-state index in [4.69, 9.17) is 10.5 Å². The van der Waals surface area contributed by atoms with Gasteiger partial charge in [-0.2, -0.15) is 23.7 Å². The molecule has 0 unspecified atom stereocenters. The molecule has 0 aliphatic rings. The van der Waals surface area contributed by atoms with Crippen LogP contribution in [0.2, 0.25) is 0 Å². The average Bonchev–Trinajstić information content (AvgIpc) is 2.71. The van der Waals surface area contributed by atoms with Gasteiger partial charge in [-0.1, -0.05) is 24.3 Å². The molecule has 1 heterocycles. The molecule has 0 radical (unpaired) electrons. The Labute approximate surface area is 168 Å². The van der Waals surface area contributed by atoms with Crippen LogP contribution in [0.3, 0.4) is 0 Å². The summed E-state index contributed by atoms with van der Waals surface area (Å²) in [5.41, 5.74) is 4.54. The number of pyridine rings is 1. The molecule has 0 saturated heterocycles. The van der Waals surface area contributed by atoms with Gasteiger partial charge < -0.3 is 15.5 Å². The van der Waals surface area contributed by atoms with E-state index in [-0.39, 0.29) is 34.9 Å². The van der Waals surface area contributed by atoms with Crippen molar-refractivity contribution < 1.29 is 17.9 Å². The molecule has 0 fully saturated rings. The molecule has 0 bridgehead atoms. The Hall–Kier alpha value is -4.24. The summed E-state index contributed by atoms with van der Waals surface area (Å²) in [7, 11) is 0. The monoisotopic (exact) mass is 410 g/mol. The number of benzene rings is 2. The number of aromatic nitrogens is 1. The number of halogens is 3. The van der Waals surface area contributed by atoms with E-state index >= 15 is 0 Å². The van der Waals surface area contributed by atoms with Crippen molar-refractivity contribution in [1.29, 1.82) is 10.5 Å². The highest BCUT2D eigenvalue weighted by Crippen LogP contribution is 2.32. The van der Waals surface area contributed by atoms with Crippen molar-refractivity contribution in [3.63, 3.8) is 0 Å². The number of anilines is 1. The largest absolute Gasteiger partial charge is 0.489 e. The summed E-state index contributed by atoms with van der Waals surface area (Å²) in [5, 5.41) is 18.7. The van der Waals surface area contributed by atoms with Crippen LogP contribution in [0.15, 0.2) is 53.3 Å². The van der Waals surface area contributed by atoms with Gasteiger partial charge in [0.1, 0.15) is 41.4 Å². The Balaban J connectivity index is 1.95. The number of nitrogens with two attached hydrogens (primary N) is 1. The Kier molecular flexibility index (Phi) is 5.48. The summed E-state index contributed by atoms with van der Waals surface area (Å²) in [6, 6.07) is 14.5. The van der Waals surface area contributed by atoms with Crippen LogP contribution in [0.5, 0.6) is 5.75 Å². The maximum absolute atomic E-state index is 12.8. The number of nitrogens with zero attached hydrogens (tertiary/aromatic N) is 2.